The summed E-state index contributed by atoms with van der Waals surface area (Å²) in [6.07, 6.45) is -4.23. The van der Waals surface area contributed by atoms with Crippen molar-refractivity contribution in [3.8, 4) is 5.69 Å². The van der Waals surface area contributed by atoms with E-state index in [1.807, 2.05) is 58.0 Å². The molecule has 0 amide bonds. The van der Waals surface area contributed by atoms with Gasteiger partial charge in [-0.1, -0.05) is 42.8 Å². The van der Waals surface area contributed by atoms with E-state index in [4.69, 9.17) is 0 Å². The van der Waals surface area contributed by atoms with Gasteiger partial charge in [0.2, 0.25) is 11.6 Å². The van der Waals surface area contributed by atoms with Gasteiger partial charge in [-0.05, 0) is 51.0 Å². The fourth-order valence-electron chi connectivity index (χ4n) is 2.83. The van der Waals surface area contributed by atoms with E-state index < -0.39 is 24.5 Å². The largest absolute Gasteiger partial charge is 0.378 e. The normalized spacial score (nSPS) is 10.1. The number of carbonyl (C=O) groups is 1. The minimum absolute atomic E-state index is 0. The van der Waals surface area contributed by atoms with Crippen molar-refractivity contribution in [2.45, 2.75) is 48.0 Å². The zero-order valence-corrected chi connectivity index (χ0v) is 19.5. The van der Waals surface area contributed by atoms with E-state index in [0.717, 1.165) is 33.6 Å². The van der Waals surface area contributed by atoms with Gasteiger partial charge in [-0.15, -0.1) is 5.10 Å². The summed E-state index contributed by atoms with van der Waals surface area (Å²) in [6.45, 7) is 7.36. The fraction of sp³-hybridized carbons (Fsp3) is 0.348. The van der Waals surface area contributed by atoms with Crippen molar-refractivity contribution in [3.63, 3.8) is 0 Å². The average molecular weight is 503 g/mol. The number of aryl methyl sites for hydroxylation is 4. The van der Waals surface area contributed by atoms with Crippen LogP contribution in [0.2, 0.25) is 0 Å². The minimum Gasteiger partial charge on any atom is -0.378 e. The Labute approximate surface area is 203 Å². The molecule has 1 N–H and O–H groups in total. The van der Waals surface area contributed by atoms with E-state index >= 15 is 0 Å². The van der Waals surface area contributed by atoms with Gasteiger partial charge in [-0.2, -0.15) is 0 Å². The Morgan fingerprint density at radius 3 is 2.03 bits per heavy atom. The first kappa shape index (κ1) is 30.4. The molecule has 33 heavy (non-hydrogen) atoms. The van der Waals surface area contributed by atoms with Gasteiger partial charge in [-0.3, -0.25) is 4.79 Å². The molecule has 1 heterocycles. The second-order valence-electron chi connectivity index (χ2n) is 7.08. The second kappa shape index (κ2) is 13.8. The number of anilines is 1. The molecule has 0 aliphatic carbocycles. The molecule has 3 aromatic rings. The number of alkyl halides is 4. The number of hydrogen-bond acceptors (Lipinski definition) is 4. The molecule has 10 heteroatoms. The van der Waals surface area contributed by atoms with Gasteiger partial charge < -0.3 is 5.32 Å². The van der Waals surface area contributed by atoms with Gasteiger partial charge in [0.25, 0.3) is 12.9 Å². The molecular formula is C23H28F4N4OV. The predicted molar refractivity (Wildman–Crippen MR) is 118 cm³/mol. The molecule has 0 bridgehead atoms. The summed E-state index contributed by atoms with van der Waals surface area (Å²) >= 11 is 0. The van der Waals surface area contributed by atoms with Crippen LogP contribution in [0.25, 0.3) is 5.69 Å². The number of hydrogen-bond donors (Lipinski definition) is 1. The minimum atomic E-state index is -2.90. The zero-order chi connectivity index (χ0) is 23.1. The molecule has 0 saturated heterocycles. The van der Waals surface area contributed by atoms with Gasteiger partial charge in [0.05, 0.1) is 12.2 Å². The summed E-state index contributed by atoms with van der Waals surface area (Å²) in [5.74, 6) is -1.53. The molecule has 0 fully saturated rings. The molecule has 0 aliphatic heterocycles. The molecule has 0 aliphatic rings. The Hall–Kier alpha value is -2.65. The maximum Gasteiger partial charge on any atom is 0.299 e. The average Bonchev–Trinajstić information content (AvgIpc) is 3.17. The third-order valence-electron chi connectivity index (χ3n) is 4.38. The first-order chi connectivity index (χ1) is 14.6. The van der Waals surface area contributed by atoms with Crippen LogP contribution in [0.5, 0.6) is 0 Å². The number of Topliss-reactive ketones (excluding diaryl/α,β-unsaturated/α-hetero) is 1. The third kappa shape index (κ3) is 9.02. The first-order valence-corrected chi connectivity index (χ1v) is 9.47. The van der Waals surface area contributed by atoms with E-state index in [1.54, 1.807) is 6.07 Å². The van der Waals surface area contributed by atoms with E-state index in [-0.39, 0.29) is 32.5 Å². The smallest absolute Gasteiger partial charge is 0.299 e. The van der Waals surface area contributed by atoms with Gasteiger partial charge >= 0.3 is 0 Å². The molecule has 179 valence electrons. The van der Waals surface area contributed by atoms with Gasteiger partial charge in [0.1, 0.15) is 6.33 Å². The fourth-order valence-corrected chi connectivity index (χ4v) is 2.83. The molecule has 1 aromatic heterocycles. The number of benzene rings is 2. The number of aromatic nitrogens is 3. The number of carbonyl (C=O) groups excluding carboxylic acids is 1. The maximum atomic E-state index is 12.3. The Bertz CT molecular complexity index is 1040. The topological polar surface area (TPSA) is 59.8 Å². The third-order valence-corrected chi connectivity index (χ3v) is 4.38. The first-order valence-electron chi connectivity index (χ1n) is 9.47. The molecule has 5 nitrogen and oxygen atoms in total. The van der Waals surface area contributed by atoms with E-state index in [1.165, 1.54) is 11.0 Å². The zero-order valence-electron chi connectivity index (χ0n) is 18.1. The van der Waals surface area contributed by atoms with Crippen LogP contribution in [0.15, 0.2) is 42.7 Å². The van der Waals surface area contributed by atoms with Gasteiger partial charge in [0.15, 0.2) is 0 Å². The molecule has 3 rings (SSSR count). The van der Waals surface area contributed by atoms with E-state index in [0.29, 0.717) is 0 Å². The van der Waals surface area contributed by atoms with Crippen LogP contribution in [0, 0.1) is 27.7 Å². The van der Waals surface area contributed by atoms with Crippen LogP contribution in [0.1, 0.15) is 41.9 Å². The predicted octanol–water partition coefficient (Wildman–Crippen LogP) is 6.00. The summed E-state index contributed by atoms with van der Waals surface area (Å²) in [5.41, 5.74) is 5.62. The number of nitrogens with zero attached hydrogens (tertiary/aromatic N) is 3. The molecule has 0 saturated carbocycles. The van der Waals surface area contributed by atoms with Crippen LogP contribution in [-0.2, 0) is 23.4 Å². The Kier molecular flexibility index (Phi) is 12.7. The summed E-state index contributed by atoms with van der Waals surface area (Å²) in [4.78, 5) is 14.2. The second-order valence-corrected chi connectivity index (χ2v) is 7.08. The van der Waals surface area contributed by atoms with Crippen molar-refractivity contribution in [1.29, 1.82) is 0 Å². The number of rotatable bonds is 6. The molecule has 2 aromatic carbocycles. The van der Waals surface area contributed by atoms with Crippen LogP contribution in [0.4, 0.5) is 23.2 Å². The number of halogens is 4. The van der Waals surface area contributed by atoms with Gasteiger partial charge in [0, 0.05) is 24.2 Å². The number of ketones is 1. The quantitative estimate of drug-likeness (QED) is 0.419. The van der Waals surface area contributed by atoms with Crippen LogP contribution >= 0.6 is 0 Å². The van der Waals surface area contributed by atoms with Crippen LogP contribution in [-0.4, -0.2) is 33.5 Å². The molecule has 1 radical (unpaired) electrons. The molecule has 0 atom stereocenters. The van der Waals surface area contributed by atoms with Crippen molar-refractivity contribution in [1.82, 2.24) is 14.8 Å². The van der Waals surface area contributed by atoms with Crippen molar-refractivity contribution < 1.29 is 40.9 Å². The summed E-state index contributed by atoms with van der Waals surface area (Å²) in [7, 11) is 0. The van der Waals surface area contributed by atoms with Crippen molar-refractivity contribution in [2.24, 2.45) is 0 Å². The molecular weight excluding hydrogens is 475 g/mol. The van der Waals surface area contributed by atoms with E-state index in [9.17, 15) is 22.4 Å². The number of nitrogens with one attached hydrogen (secondary N) is 1. The SMILES string of the molecule is C.Cc1ccc(-n2cnc(C(F)F)n2)c(C)c1.Cc1ccc(NCC(=O)C(F)F)c(C)c1.[V]. The maximum absolute atomic E-state index is 12.3. The van der Waals surface area contributed by atoms with Crippen molar-refractivity contribution in [2.75, 3.05) is 11.9 Å². The van der Waals surface area contributed by atoms with E-state index in [2.05, 4.69) is 15.4 Å². The van der Waals surface area contributed by atoms with Crippen LogP contribution < -0.4 is 5.32 Å². The Balaban J connectivity index is 0.000000587. The summed E-state index contributed by atoms with van der Waals surface area (Å²) in [6, 6.07) is 11.3. The standard InChI is InChI=1S/C11H11F2N3.C11H13F2NO.CH4.V/c1-7-3-4-9(8(2)5-7)16-6-14-11(15-16)10(12)13;1-7-3-4-9(8(2)5-7)14-6-10(15)11(12)13;;/h3-6,10H,1-2H3;3-5,11,14H,6H2,1-2H3;1H4;. The van der Waals surface area contributed by atoms with Crippen LogP contribution in [0.3, 0.4) is 0 Å². The molecule has 0 unspecified atom stereocenters. The Morgan fingerprint density at radius 1 is 0.970 bits per heavy atom. The van der Waals surface area contributed by atoms with Gasteiger partial charge in [-0.25, -0.2) is 27.2 Å². The van der Waals surface area contributed by atoms with Crippen molar-refractivity contribution in [3.05, 3.63) is 70.8 Å². The monoisotopic (exact) mass is 503 g/mol. The summed E-state index contributed by atoms with van der Waals surface area (Å²) in [5, 5.41) is 6.42. The summed E-state index contributed by atoms with van der Waals surface area (Å²) < 4.78 is 49.8. The Morgan fingerprint density at radius 2 is 1.55 bits per heavy atom. The molecule has 0 spiro atoms. The van der Waals surface area contributed by atoms with Crippen molar-refractivity contribution >= 4 is 11.5 Å².